The molecule has 0 radical (unpaired) electrons. The molecule has 1 N–H and O–H groups in total. The number of aromatic nitrogens is 2. The summed E-state index contributed by atoms with van der Waals surface area (Å²) in [6.45, 7) is 1.76. The minimum Gasteiger partial charge on any atom is -0.322 e. The Balaban J connectivity index is 1.87. The maximum absolute atomic E-state index is 13.2. The van der Waals surface area contributed by atoms with Crippen LogP contribution in [0.4, 0.5) is 10.1 Å². The minimum atomic E-state index is -0.322. The molecule has 0 aliphatic carbocycles. The first-order valence-electron chi connectivity index (χ1n) is 7.34. The summed E-state index contributed by atoms with van der Waals surface area (Å²) in [5.41, 5.74) is 2.66. The molecule has 1 aromatic heterocycles. The summed E-state index contributed by atoms with van der Waals surface area (Å²) in [6.07, 6.45) is 5.53. The highest BCUT2D eigenvalue weighted by molar-refractivity contribution is 7.98. The quantitative estimate of drug-likeness (QED) is 0.720. The molecule has 0 unspecified atom stereocenters. The third-order valence-corrected chi connectivity index (χ3v) is 4.28. The predicted octanol–water partition coefficient (Wildman–Crippen LogP) is 4.29. The summed E-state index contributed by atoms with van der Waals surface area (Å²) < 4.78 is 15.1. The van der Waals surface area contributed by atoms with Gasteiger partial charge >= 0.3 is 0 Å². The van der Waals surface area contributed by atoms with Crippen LogP contribution in [0.5, 0.6) is 0 Å². The normalized spacial score (nSPS) is 10.6. The number of anilines is 1. The minimum absolute atomic E-state index is 0.239. The van der Waals surface area contributed by atoms with Crippen molar-refractivity contribution in [2.75, 3.05) is 11.6 Å². The fourth-order valence-electron chi connectivity index (χ4n) is 2.40. The van der Waals surface area contributed by atoms with Gasteiger partial charge in [-0.3, -0.25) is 9.36 Å². The monoisotopic (exact) mass is 341 g/mol. The van der Waals surface area contributed by atoms with Crippen LogP contribution in [-0.4, -0.2) is 21.7 Å². The van der Waals surface area contributed by atoms with Gasteiger partial charge in [0.25, 0.3) is 5.91 Å². The number of hydrogen-bond acceptors (Lipinski definition) is 3. The molecule has 1 amide bonds. The van der Waals surface area contributed by atoms with Gasteiger partial charge in [0.2, 0.25) is 0 Å². The lowest BCUT2D eigenvalue weighted by molar-refractivity contribution is 0.102. The zero-order valence-electron chi connectivity index (χ0n) is 13.3. The predicted molar refractivity (Wildman–Crippen MR) is 94.4 cm³/mol. The van der Waals surface area contributed by atoms with Gasteiger partial charge in [0.05, 0.1) is 0 Å². The summed E-state index contributed by atoms with van der Waals surface area (Å²) >= 11 is 1.53. The molecule has 4 nitrogen and oxygen atoms in total. The SMILES string of the molecule is CSc1nccn1-c1cccc(C(=O)Nc2ccc(F)cc2C)c1. The van der Waals surface area contributed by atoms with E-state index in [1.165, 1.54) is 23.9 Å². The molecular formula is C18H16FN3OS. The zero-order valence-corrected chi connectivity index (χ0v) is 14.1. The molecule has 0 saturated heterocycles. The van der Waals surface area contributed by atoms with E-state index >= 15 is 0 Å². The lowest BCUT2D eigenvalue weighted by atomic mass is 10.1. The van der Waals surface area contributed by atoms with Crippen molar-refractivity contribution in [3.8, 4) is 5.69 Å². The maximum atomic E-state index is 13.2. The molecule has 24 heavy (non-hydrogen) atoms. The third kappa shape index (κ3) is 3.33. The van der Waals surface area contributed by atoms with Gasteiger partial charge in [-0.2, -0.15) is 0 Å². The van der Waals surface area contributed by atoms with Crippen LogP contribution >= 0.6 is 11.8 Å². The second-order valence-electron chi connectivity index (χ2n) is 5.25. The van der Waals surface area contributed by atoms with Crippen LogP contribution in [-0.2, 0) is 0 Å². The molecule has 3 rings (SSSR count). The van der Waals surface area contributed by atoms with E-state index in [2.05, 4.69) is 10.3 Å². The number of halogens is 1. The van der Waals surface area contributed by atoms with E-state index < -0.39 is 0 Å². The van der Waals surface area contributed by atoms with Crippen molar-refractivity contribution in [1.82, 2.24) is 9.55 Å². The Morgan fingerprint density at radius 3 is 2.83 bits per heavy atom. The van der Waals surface area contributed by atoms with Gasteiger partial charge in [-0.05, 0) is 55.1 Å². The summed E-state index contributed by atoms with van der Waals surface area (Å²) in [7, 11) is 0. The first-order chi connectivity index (χ1) is 11.6. The standard InChI is InChI=1S/C18H16FN3OS/c1-12-10-14(19)6-7-16(12)21-17(23)13-4-3-5-15(11-13)22-9-8-20-18(22)24-2/h3-11H,1-2H3,(H,21,23). The molecule has 0 aliphatic rings. The van der Waals surface area contributed by atoms with Gasteiger partial charge in [0.1, 0.15) is 5.82 Å². The molecule has 0 bridgehead atoms. The molecule has 122 valence electrons. The Kier molecular flexibility index (Phi) is 4.66. The first-order valence-corrected chi connectivity index (χ1v) is 8.56. The molecule has 0 spiro atoms. The summed E-state index contributed by atoms with van der Waals surface area (Å²) in [5, 5.41) is 3.67. The Bertz CT molecular complexity index is 891. The average Bonchev–Trinajstić information content (AvgIpc) is 3.06. The number of hydrogen-bond donors (Lipinski definition) is 1. The first kappa shape index (κ1) is 16.3. The number of imidazole rings is 1. The number of amides is 1. The third-order valence-electron chi connectivity index (χ3n) is 3.61. The second-order valence-corrected chi connectivity index (χ2v) is 6.02. The van der Waals surface area contributed by atoms with Gasteiger partial charge in [0.15, 0.2) is 5.16 Å². The molecule has 0 fully saturated rings. The second kappa shape index (κ2) is 6.88. The van der Waals surface area contributed by atoms with Crippen LogP contribution in [0.2, 0.25) is 0 Å². The van der Waals surface area contributed by atoms with E-state index in [-0.39, 0.29) is 11.7 Å². The van der Waals surface area contributed by atoms with E-state index in [4.69, 9.17) is 0 Å². The van der Waals surface area contributed by atoms with Crippen molar-refractivity contribution in [2.45, 2.75) is 12.1 Å². The number of nitrogens with zero attached hydrogens (tertiary/aromatic N) is 2. The topological polar surface area (TPSA) is 46.9 Å². The molecule has 3 aromatic rings. The molecule has 2 aromatic carbocycles. The highest BCUT2D eigenvalue weighted by atomic mass is 32.2. The van der Waals surface area contributed by atoms with Crippen molar-refractivity contribution in [1.29, 1.82) is 0 Å². The van der Waals surface area contributed by atoms with Crippen LogP contribution in [0.15, 0.2) is 60.0 Å². The molecular weight excluding hydrogens is 325 g/mol. The van der Waals surface area contributed by atoms with Gasteiger partial charge < -0.3 is 5.32 Å². The molecule has 1 heterocycles. The largest absolute Gasteiger partial charge is 0.322 e. The van der Waals surface area contributed by atoms with E-state index in [1.54, 1.807) is 31.3 Å². The summed E-state index contributed by atoms with van der Waals surface area (Å²) in [6, 6.07) is 11.6. The Morgan fingerprint density at radius 1 is 1.25 bits per heavy atom. The summed E-state index contributed by atoms with van der Waals surface area (Å²) in [5.74, 6) is -0.561. The van der Waals surface area contributed by atoms with Crippen LogP contribution in [0.3, 0.4) is 0 Å². The highest BCUT2D eigenvalue weighted by Gasteiger charge is 2.11. The number of rotatable bonds is 4. The van der Waals surface area contributed by atoms with Crippen molar-refractivity contribution in [3.05, 3.63) is 71.8 Å². The molecule has 0 aliphatic heterocycles. The van der Waals surface area contributed by atoms with Crippen molar-refractivity contribution in [3.63, 3.8) is 0 Å². The van der Waals surface area contributed by atoms with E-state index in [1.807, 2.05) is 29.2 Å². The number of carbonyl (C=O) groups excluding carboxylic acids is 1. The molecule has 0 atom stereocenters. The Hall–Kier alpha value is -2.60. The fraction of sp³-hybridized carbons (Fsp3) is 0.111. The Morgan fingerprint density at radius 2 is 2.08 bits per heavy atom. The summed E-state index contributed by atoms with van der Waals surface area (Å²) in [4.78, 5) is 16.8. The van der Waals surface area contributed by atoms with E-state index in [0.29, 0.717) is 16.8 Å². The van der Waals surface area contributed by atoms with Crippen molar-refractivity contribution < 1.29 is 9.18 Å². The van der Waals surface area contributed by atoms with E-state index in [9.17, 15) is 9.18 Å². The van der Waals surface area contributed by atoms with Gasteiger partial charge in [0, 0.05) is 29.3 Å². The number of thioether (sulfide) groups is 1. The van der Waals surface area contributed by atoms with Crippen molar-refractivity contribution in [2.24, 2.45) is 0 Å². The number of aryl methyl sites for hydroxylation is 1. The van der Waals surface area contributed by atoms with Gasteiger partial charge in [-0.1, -0.05) is 17.8 Å². The van der Waals surface area contributed by atoms with Gasteiger partial charge in [-0.25, -0.2) is 9.37 Å². The maximum Gasteiger partial charge on any atom is 0.255 e. The number of carbonyl (C=O) groups is 1. The lowest BCUT2D eigenvalue weighted by Gasteiger charge is -2.10. The van der Waals surface area contributed by atoms with Crippen LogP contribution in [0, 0.1) is 12.7 Å². The zero-order chi connectivity index (χ0) is 17.1. The van der Waals surface area contributed by atoms with Crippen LogP contribution in [0.1, 0.15) is 15.9 Å². The average molecular weight is 341 g/mol. The Labute approximate surface area is 143 Å². The fourth-order valence-corrected chi connectivity index (χ4v) is 2.93. The number of nitrogens with one attached hydrogen (secondary N) is 1. The number of benzene rings is 2. The van der Waals surface area contributed by atoms with E-state index in [0.717, 1.165) is 10.8 Å². The highest BCUT2D eigenvalue weighted by Crippen LogP contribution is 2.20. The van der Waals surface area contributed by atoms with Crippen LogP contribution < -0.4 is 5.32 Å². The molecule has 6 heteroatoms. The smallest absolute Gasteiger partial charge is 0.255 e. The van der Waals surface area contributed by atoms with Crippen LogP contribution in [0.25, 0.3) is 5.69 Å². The lowest BCUT2D eigenvalue weighted by Crippen LogP contribution is -2.13. The molecule has 0 saturated carbocycles. The van der Waals surface area contributed by atoms with Crippen molar-refractivity contribution >= 4 is 23.4 Å². The van der Waals surface area contributed by atoms with Gasteiger partial charge in [-0.15, -0.1) is 0 Å².